The van der Waals surface area contributed by atoms with E-state index in [4.69, 9.17) is 4.84 Å². The summed E-state index contributed by atoms with van der Waals surface area (Å²) in [4.78, 5) is 5.65. The van der Waals surface area contributed by atoms with Crippen LogP contribution in [0.15, 0.2) is 5.16 Å². The molecule has 0 aromatic rings. The minimum Gasteiger partial charge on any atom is -0.399 e. The Labute approximate surface area is 93.2 Å². The largest absolute Gasteiger partial charge is 0.399 e. The molecule has 0 aromatic carbocycles. The van der Waals surface area contributed by atoms with Crippen LogP contribution in [0.5, 0.6) is 0 Å². The first-order valence-electron chi connectivity index (χ1n) is 5.54. The number of alkyl halides is 1. The standard InChI is InChI=1S/C11H16BrNO/c1-14-13-11-8-3-6-2-7(5-8)10(12)9(11)4-6/h6-10H,2-5H2,1H3/b13-11-/t6?,7?,8?,9?,10-/m1/s1. The van der Waals surface area contributed by atoms with Gasteiger partial charge in [-0.1, -0.05) is 21.1 Å². The van der Waals surface area contributed by atoms with E-state index in [1.807, 2.05) is 0 Å². The number of halogens is 1. The Morgan fingerprint density at radius 2 is 2.14 bits per heavy atom. The van der Waals surface area contributed by atoms with E-state index in [1.165, 1.54) is 31.4 Å². The summed E-state index contributed by atoms with van der Waals surface area (Å²) < 4.78 is 0. The van der Waals surface area contributed by atoms with Gasteiger partial charge in [-0.05, 0) is 37.5 Å². The van der Waals surface area contributed by atoms with Crippen molar-refractivity contribution in [2.75, 3.05) is 7.11 Å². The van der Waals surface area contributed by atoms with Crippen molar-refractivity contribution in [3.05, 3.63) is 0 Å². The lowest BCUT2D eigenvalue weighted by molar-refractivity contribution is 0.107. The smallest absolute Gasteiger partial charge is 0.106 e. The molecule has 4 aliphatic rings. The SMILES string of the molecule is CO/N=C1/C2CC3CC(C2)[C@@H](Br)C1C3. The van der Waals surface area contributed by atoms with Gasteiger partial charge < -0.3 is 4.84 Å². The number of oxime groups is 1. The van der Waals surface area contributed by atoms with E-state index in [9.17, 15) is 0 Å². The molecule has 4 saturated carbocycles. The number of hydrogen-bond donors (Lipinski definition) is 0. The van der Waals surface area contributed by atoms with Crippen molar-refractivity contribution >= 4 is 21.6 Å². The second kappa shape index (κ2) is 3.22. The molecule has 0 aliphatic heterocycles. The summed E-state index contributed by atoms with van der Waals surface area (Å²) >= 11 is 3.85. The summed E-state index contributed by atoms with van der Waals surface area (Å²) in [5.74, 6) is 3.30. The van der Waals surface area contributed by atoms with E-state index in [2.05, 4.69) is 21.1 Å². The summed E-state index contributed by atoms with van der Waals surface area (Å²) in [6.07, 6.45) is 5.49. The predicted molar refractivity (Wildman–Crippen MR) is 59.6 cm³/mol. The van der Waals surface area contributed by atoms with Crippen molar-refractivity contribution in [2.24, 2.45) is 28.8 Å². The maximum Gasteiger partial charge on any atom is 0.106 e. The van der Waals surface area contributed by atoms with Gasteiger partial charge in [-0.3, -0.25) is 0 Å². The van der Waals surface area contributed by atoms with Crippen LogP contribution in [0, 0.1) is 23.7 Å². The third-order valence-electron chi connectivity index (χ3n) is 4.26. The predicted octanol–water partition coefficient (Wildman–Crippen LogP) is 2.82. The minimum absolute atomic E-state index is 0.671. The van der Waals surface area contributed by atoms with Crippen LogP contribution in [0.2, 0.25) is 0 Å². The fourth-order valence-electron chi connectivity index (χ4n) is 3.83. The van der Waals surface area contributed by atoms with Crippen molar-refractivity contribution in [3.8, 4) is 0 Å². The monoisotopic (exact) mass is 257 g/mol. The lowest BCUT2D eigenvalue weighted by atomic mass is 9.55. The third kappa shape index (κ3) is 1.17. The molecule has 0 aromatic heterocycles. The van der Waals surface area contributed by atoms with Gasteiger partial charge in [0.05, 0.1) is 5.71 Å². The van der Waals surface area contributed by atoms with E-state index >= 15 is 0 Å². The molecule has 2 nitrogen and oxygen atoms in total. The second-order valence-corrected chi connectivity index (χ2v) is 6.07. The van der Waals surface area contributed by atoms with E-state index in [1.54, 1.807) is 7.11 Å². The Hall–Kier alpha value is -0.0500. The summed E-state index contributed by atoms with van der Waals surface area (Å²) in [5, 5.41) is 4.26. The zero-order valence-corrected chi connectivity index (χ0v) is 10.0. The summed E-state index contributed by atoms with van der Waals surface area (Å²) in [5.41, 5.74) is 1.35. The van der Waals surface area contributed by atoms with Crippen LogP contribution in [0.25, 0.3) is 0 Å². The molecule has 4 rings (SSSR count). The maximum absolute atomic E-state index is 4.98. The molecule has 0 amide bonds. The molecule has 4 fully saturated rings. The topological polar surface area (TPSA) is 21.6 Å². The second-order valence-electron chi connectivity index (χ2n) is 5.02. The Balaban J connectivity index is 1.93. The maximum atomic E-state index is 4.98. The van der Waals surface area contributed by atoms with Gasteiger partial charge in [0.25, 0.3) is 0 Å². The molecular weight excluding hydrogens is 242 g/mol. The van der Waals surface area contributed by atoms with Gasteiger partial charge >= 0.3 is 0 Å². The van der Waals surface area contributed by atoms with Gasteiger partial charge in [0.1, 0.15) is 7.11 Å². The van der Waals surface area contributed by atoms with Crippen LogP contribution in [0.4, 0.5) is 0 Å². The molecule has 0 N–H and O–H groups in total. The van der Waals surface area contributed by atoms with Crippen molar-refractivity contribution in [1.29, 1.82) is 0 Å². The first-order chi connectivity index (χ1) is 6.79. The minimum atomic E-state index is 0.671. The highest BCUT2D eigenvalue weighted by molar-refractivity contribution is 9.09. The third-order valence-corrected chi connectivity index (χ3v) is 5.64. The van der Waals surface area contributed by atoms with Crippen LogP contribution in [0.1, 0.15) is 25.7 Å². The molecule has 14 heavy (non-hydrogen) atoms. The van der Waals surface area contributed by atoms with Crippen LogP contribution >= 0.6 is 15.9 Å². The highest BCUT2D eigenvalue weighted by Crippen LogP contribution is 2.54. The Morgan fingerprint density at radius 1 is 1.29 bits per heavy atom. The zero-order valence-electron chi connectivity index (χ0n) is 8.45. The van der Waals surface area contributed by atoms with Crippen LogP contribution < -0.4 is 0 Å². The molecule has 0 heterocycles. The van der Waals surface area contributed by atoms with E-state index in [-0.39, 0.29) is 0 Å². The normalized spacial score (nSPS) is 52.7. The summed E-state index contributed by atoms with van der Waals surface area (Å²) in [6, 6.07) is 0. The first kappa shape index (κ1) is 9.20. The summed E-state index contributed by atoms with van der Waals surface area (Å²) in [7, 11) is 1.67. The summed E-state index contributed by atoms with van der Waals surface area (Å²) in [6.45, 7) is 0. The first-order valence-corrected chi connectivity index (χ1v) is 6.46. The highest BCUT2D eigenvalue weighted by atomic mass is 79.9. The van der Waals surface area contributed by atoms with E-state index in [0.29, 0.717) is 10.7 Å². The average Bonchev–Trinajstić information content (AvgIpc) is 2.18. The van der Waals surface area contributed by atoms with Gasteiger partial charge in [-0.2, -0.15) is 0 Å². The molecular formula is C11H16BrNO. The molecule has 78 valence electrons. The number of rotatable bonds is 1. The molecule has 4 bridgehead atoms. The number of nitrogens with zero attached hydrogens (tertiary/aromatic N) is 1. The molecule has 0 spiro atoms. The van der Waals surface area contributed by atoms with Crippen molar-refractivity contribution in [2.45, 2.75) is 30.5 Å². The highest BCUT2D eigenvalue weighted by Gasteiger charge is 2.51. The Kier molecular flexibility index (Phi) is 2.12. The quantitative estimate of drug-likeness (QED) is 0.523. The van der Waals surface area contributed by atoms with Crippen molar-refractivity contribution in [1.82, 2.24) is 0 Å². The van der Waals surface area contributed by atoms with Crippen molar-refractivity contribution < 1.29 is 4.84 Å². The van der Waals surface area contributed by atoms with Crippen LogP contribution in [-0.4, -0.2) is 17.6 Å². The average molecular weight is 258 g/mol. The van der Waals surface area contributed by atoms with E-state index in [0.717, 1.165) is 17.8 Å². The fourth-order valence-corrected chi connectivity index (χ4v) is 4.75. The fraction of sp³-hybridized carbons (Fsp3) is 0.909. The van der Waals surface area contributed by atoms with Crippen molar-refractivity contribution in [3.63, 3.8) is 0 Å². The molecule has 5 atom stereocenters. The van der Waals surface area contributed by atoms with E-state index < -0.39 is 0 Å². The van der Waals surface area contributed by atoms with Gasteiger partial charge in [0.15, 0.2) is 0 Å². The lowest BCUT2D eigenvalue weighted by Crippen LogP contribution is -2.51. The molecule has 3 heteroatoms. The molecule has 0 saturated heterocycles. The number of hydrogen-bond acceptors (Lipinski definition) is 2. The molecule has 0 radical (unpaired) electrons. The molecule has 4 unspecified atom stereocenters. The van der Waals surface area contributed by atoms with Gasteiger partial charge in [0.2, 0.25) is 0 Å². The zero-order chi connectivity index (χ0) is 9.71. The van der Waals surface area contributed by atoms with Crippen LogP contribution in [-0.2, 0) is 4.84 Å². The van der Waals surface area contributed by atoms with Gasteiger partial charge in [-0.25, -0.2) is 0 Å². The van der Waals surface area contributed by atoms with Crippen LogP contribution in [0.3, 0.4) is 0 Å². The van der Waals surface area contributed by atoms with Gasteiger partial charge in [-0.15, -0.1) is 0 Å². The van der Waals surface area contributed by atoms with Gasteiger partial charge in [0, 0.05) is 16.7 Å². The Bertz CT molecular complexity index is 278. The Morgan fingerprint density at radius 3 is 2.93 bits per heavy atom. The lowest BCUT2D eigenvalue weighted by Gasteiger charge is -2.52. The molecule has 4 aliphatic carbocycles.